The van der Waals surface area contributed by atoms with Crippen LogP contribution in [-0.4, -0.2) is 9.97 Å². The van der Waals surface area contributed by atoms with Gasteiger partial charge in [-0.25, -0.2) is 14.4 Å². The third-order valence-corrected chi connectivity index (χ3v) is 2.26. The summed E-state index contributed by atoms with van der Waals surface area (Å²) in [6.07, 6.45) is 1.58. The van der Waals surface area contributed by atoms with Crippen LogP contribution in [0.2, 0.25) is 5.15 Å². The molecule has 4 heteroatoms. The van der Waals surface area contributed by atoms with Gasteiger partial charge < -0.3 is 0 Å². The standard InChI is InChI=1S/C11H8ClFN2/c1-7-6-8(13)2-3-9(7)11-14-5-4-10(12)15-11/h2-6H,1H3. The zero-order valence-electron chi connectivity index (χ0n) is 8.04. The molecule has 0 fully saturated rings. The van der Waals surface area contributed by atoms with Crippen molar-refractivity contribution in [3.8, 4) is 11.4 Å². The van der Waals surface area contributed by atoms with E-state index in [0.29, 0.717) is 11.0 Å². The van der Waals surface area contributed by atoms with Gasteiger partial charge in [0.2, 0.25) is 0 Å². The summed E-state index contributed by atoms with van der Waals surface area (Å²) < 4.78 is 12.9. The van der Waals surface area contributed by atoms with Gasteiger partial charge in [-0.3, -0.25) is 0 Å². The molecule has 1 aromatic carbocycles. The van der Waals surface area contributed by atoms with Gasteiger partial charge in [0.05, 0.1) is 0 Å². The first-order valence-electron chi connectivity index (χ1n) is 4.42. The van der Waals surface area contributed by atoms with Crippen molar-refractivity contribution in [1.29, 1.82) is 0 Å². The molecule has 2 nitrogen and oxygen atoms in total. The highest BCUT2D eigenvalue weighted by Gasteiger charge is 2.05. The van der Waals surface area contributed by atoms with Crippen LogP contribution in [0.25, 0.3) is 11.4 Å². The maximum absolute atomic E-state index is 12.9. The molecule has 0 N–H and O–H groups in total. The fraction of sp³-hybridized carbons (Fsp3) is 0.0909. The second-order valence-electron chi connectivity index (χ2n) is 3.16. The number of benzene rings is 1. The summed E-state index contributed by atoms with van der Waals surface area (Å²) in [5, 5.41) is 0.378. The second-order valence-corrected chi connectivity index (χ2v) is 3.55. The van der Waals surface area contributed by atoms with Gasteiger partial charge >= 0.3 is 0 Å². The molecule has 0 saturated heterocycles. The van der Waals surface area contributed by atoms with Crippen molar-refractivity contribution in [2.24, 2.45) is 0 Å². The Bertz CT molecular complexity index is 500. The Kier molecular flexibility index (Phi) is 2.64. The molecule has 2 aromatic rings. The number of halogens is 2. The molecule has 0 bridgehead atoms. The summed E-state index contributed by atoms with van der Waals surface area (Å²) in [5.74, 6) is 0.248. The van der Waals surface area contributed by atoms with E-state index < -0.39 is 0 Å². The maximum atomic E-state index is 12.9. The van der Waals surface area contributed by atoms with E-state index in [1.807, 2.05) is 6.92 Å². The Labute approximate surface area is 91.8 Å². The van der Waals surface area contributed by atoms with E-state index >= 15 is 0 Å². The van der Waals surface area contributed by atoms with Crippen LogP contribution in [0.3, 0.4) is 0 Å². The maximum Gasteiger partial charge on any atom is 0.161 e. The summed E-state index contributed by atoms with van der Waals surface area (Å²) in [4.78, 5) is 8.15. The average molecular weight is 223 g/mol. The molecule has 0 unspecified atom stereocenters. The molecule has 0 aliphatic rings. The van der Waals surface area contributed by atoms with E-state index in [-0.39, 0.29) is 5.82 Å². The number of hydrogen-bond donors (Lipinski definition) is 0. The minimum atomic E-state index is -0.265. The predicted molar refractivity (Wildman–Crippen MR) is 57.2 cm³/mol. The molecular weight excluding hydrogens is 215 g/mol. The van der Waals surface area contributed by atoms with Gasteiger partial charge in [-0.1, -0.05) is 11.6 Å². The predicted octanol–water partition coefficient (Wildman–Crippen LogP) is 3.24. The van der Waals surface area contributed by atoms with Crippen LogP contribution in [0.5, 0.6) is 0 Å². The van der Waals surface area contributed by atoms with E-state index in [0.717, 1.165) is 11.1 Å². The Balaban J connectivity index is 2.54. The Hall–Kier alpha value is -1.48. The van der Waals surface area contributed by atoms with Gasteiger partial charge in [0.25, 0.3) is 0 Å². The van der Waals surface area contributed by atoms with E-state index in [1.165, 1.54) is 12.1 Å². The summed E-state index contributed by atoms with van der Waals surface area (Å²) in [6.45, 7) is 1.81. The van der Waals surface area contributed by atoms with Gasteiger partial charge in [-0.15, -0.1) is 0 Å². The average Bonchev–Trinajstić information content (AvgIpc) is 2.17. The lowest BCUT2D eigenvalue weighted by atomic mass is 10.1. The van der Waals surface area contributed by atoms with E-state index in [1.54, 1.807) is 18.3 Å². The lowest BCUT2D eigenvalue weighted by molar-refractivity contribution is 0.627. The first kappa shape index (κ1) is 10.1. The summed E-state index contributed by atoms with van der Waals surface area (Å²) in [5.41, 5.74) is 1.58. The Morgan fingerprint density at radius 1 is 1.27 bits per heavy atom. The first-order valence-corrected chi connectivity index (χ1v) is 4.79. The van der Waals surface area contributed by atoms with Crippen LogP contribution in [0, 0.1) is 12.7 Å². The normalized spacial score (nSPS) is 10.3. The van der Waals surface area contributed by atoms with Gasteiger partial charge in [-0.2, -0.15) is 0 Å². The summed E-state index contributed by atoms with van der Waals surface area (Å²) in [7, 11) is 0. The first-order chi connectivity index (χ1) is 7.16. The third kappa shape index (κ3) is 2.13. The molecule has 0 radical (unpaired) electrons. The molecule has 1 aromatic heterocycles. The summed E-state index contributed by atoms with van der Waals surface area (Å²) >= 11 is 5.75. The van der Waals surface area contributed by atoms with Crippen LogP contribution in [0.1, 0.15) is 5.56 Å². The molecule has 0 amide bonds. The Morgan fingerprint density at radius 3 is 2.73 bits per heavy atom. The lowest BCUT2D eigenvalue weighted by Gasteiger charge is -2.03. The topological polar surface area (TPSA) is 25.8 Å². The van der Waals surface area contributed by atoms with Gasteiger partial charge in [-0.05, 0) is 36.8 Å². The molecule has 76 valence electrons. The number of nitrogens with zero attached hydrogens (tertiary/aromatic N) is 2. The van der Waals surface area contributed by atoms with Crippen molar-refractivity contribution in [1.82, 2.24) is 9.97 Å². The van der Waals surface area contributed by atoms with Crippen LogP contribution in [0.4, 0.5) is 4.39 Å². The van der Waals surface area contributed by atoms with Crippen LogP contribution in [-0.2, 0) is 0 Å². The van der Waals surface area contributed by atoms with Crippen molar-refractivity contribution in [3.05, 3.63) is 47.0 Å². The minimum Gasteiger partial charge on any atom is -0.236 e. The fourth-order valence-electron chi connectivity index (χ4n) is 1.34. The van der Waals surface area contributed by atoms with Crippen molar-refractivity contribution in [2.45, 2.75) is 6.92 Å². The van der Waals surface area contributed by atoms with Crippen molar-refractivity contribution >= 4 is 11.6 Å². The van der Waals surface area contributed by atoms with Gasteiger partial charge in [0.15, 0.2) is 5.82 Å². The minimum absolute atomic E-state index is 0.265. The second kappa shape index (κ2) is 3.95. The van der Waals surface area contributed by atoms with E-state index in [4.69, 9.17) is 11.6 Å². The fourth-order valence-corrected chi connectivity index (χ4v) is 1.48. The van der Waals surface area contributed by atoms with Crippen LogP contribution >= 0.6 is 11.6 Å². The Morgan fingerprint density at radius 2 is 2.07 bits per heavy atom. The monoisotopic (exact) mass is 222 g/mol. The number of aromatic nitrogens is 2. The molecule has 0 aliphatic heterocycles. The third-order valence-electron chi connectivity index (χ3n) is 2.05. The lowest BCUT2D eigenvalue weighted by Crippen LogP contribution is -1.91. The SMILES string of the molecule is Cc1cc(F)ccc1-c1nccc(Cl)n1. The molecule has 2 rings (SSSR count). The van der Waals surface area contributed by atoms with Crippen molar-refractivity contribution in [3.63, 3.8) is 0 Å². The van der Waals surface area contributed by atoms with Crippen molar-refractivity contribution in [2.75, 3.05) is 0 Å². The van der Waals surface area contributed by atoms with Crippen LogP contribution < -0.4 is 0 Å². The largest absolute Gasteiger partial charge is 0.236 e. The van der Waals surface area contributed by atoms with E-state index in [2.05, 4.69) is 9.97 Å². The molecule has 1 heterocycles. The molecule has 0 aliphatic carbocycles. The molecule has 0 atom stereocenters. The zero-order valence-corrected chi connectivity index (χ0v) is 8.79. The van der Waals surface area contributed by atoms with Crippen LogP contribution in [0.15, 0.2) is 30.5 Å². The molecular formula is C11H8ClFN2. The highest BCUT2D eigenvalue weighted by molar-refractivity contribution is 6.29. The van der Waals surface area contributed by atoms with Gasteiger partial charge in [0, 0.05) is 11.8 Å². The van der Waals surface area contributed by atoms with Crippen molar-refractivity contribution < 1.29 is 4.39 Å². The van der Waals surface area contributed by atoms with Gasteiger partial charge in [0.1, 0.15) is 11.0 Å². The highest BCUT2D eigenvalue weighted by atomic mass is 35.5. The smallest absolute Gasteiger partial charge is 0.161 e. The summed E-state index contributed by atoms with van der Waals surface area (Å²) in [6, 6.07) is 6.08. The number of hydrogen-bond acceptors (Lipinski definition) is 2. The molecule has 15 heavy (non-hydrogen) atoms. The molecule has 0 saturated carbocycles. The highest BCUT2D eigenvalue weighted by Crippen LogP contribution is 2.21. The number of aryl methyl sites for hydroxylation is 1. The quantitative estimate of drug-likeness (QED) is 0.693. The number of rotatable bonds is 1. The zero-order chi connectivity index (χ0) is 10.8. The molecule has 0 spiro atoms. The van der Waals surface area contributed by atoms with E-state index in [9.17, 15) is 4.39 Å².